The highest BCUT2D eigenvalue weighted by Crippen LogP contribution is 2.29. The summed E-state index contributed by atoms with van der Waals surface area (Å²) in [5.74, 6) is 2.75. The van der Waals surface area contributed by atoms with Gasteiger partial charge >= 0.3 is 0 Å². The summed E-state index contributed by atoms with van der Waals surface area (Å²) in [4.78, 5) is 11.7. The van der Waals surface area contributed by atoms with Gasteiger partial charge in [0.2, 0.25) is 5.91 Å². The molecule has 1 aliphatic carbocycles. The van der Waals surface area contributed by atoms with Crippen molar-refractivity contribution in [3.63, 3.8) is 0 Å². The highest BCUT2D eigenvalue weighted by Gasteiger charge is 2.31. The predicted molar refractivity (Wildman–Crippen MR) is 75.7 cm³/mol. The van der Waals surface area contributed by atoms with Crippen molar-refractivity contribution >= 4 is 17.7 Å². The van der Waals surface area contributed by atoms with Crippen LogP contribution in [0.4, 0.5) is 0 Å². The average Bonchev–Trinajstić information content (AvgIpc) is 2.99. The van der Waals surface area contributed by atoms with Gasteiger partial charge in [0.1, 0.15) is 0 Å². The second kappa shape index (κ2) is 6.80. The molecule has 0 bridgehead atoms. The van der Waals surface area contributed by atoms with E-state index in [2.05, 4.69) is 5.32 Å². The van der Waals surface area contributed by atoms with Gasteiger partial charge < -0.3 is 10.4 Å². The van der Waals surface area contributed by atoms with Gasteiger partial charge in [-0.15, -0.1) is 0 Å². The van der Waals surface area contributed by atoms with E-state index in [4.69, 9.17) is 0 Å². The Labute approximate surface area is 114 Å². The summed E-state index contributed by atoms with van der Waals surface area (Å²) in [6.07, 6.45) is 9.11. The maximum Gasteiger partial charge on any atom is 0.220 e. The Bertz CT molecular complexity index is 271. The molecule has 1 unspecified atom stereocenters. The standard InChI is InChI=1S/C14H25NO2S/c16-13(7-3-6-12-4-1-2-5-12)15-10-14(17)8-9-18-11-14/h12,17H,1-11H2,(H,15,16). The zero-order valence-corrected chi connectivity index (χ0v) is 11.9. The highest BCUT2D eigenvalue weighted by atomic mass is 32.2. The van der Waals surface area contributed by atoms with Crippen molar-refractivity contribution in [1.29, 1.82) is 0 Å². The Morgan fingerprint density at radius 1 is 1.39 bits per heavy atom. The molecule has 1 saturated carbocycles. The van der Waals surface area contributed by atoms with E-state index >= 15 is 0 Å². The first kappa shape index (κ1) is 14.2. The highest BCUT2D eigenvalue weighted by molar-refractivity contribution is 7.99. The van der Waals surface area contributed by atoms with Gasteiger partial charge in [0.05, 0.1) is 5.60 Å². The van der Waals surface area contributed by atoms with Gasteiger partial charge in [0.15, 0.2) is 0 Å². The number of amides is 1. The van der Waals surface area contributed by atoms with E-state index in [1.807, 2.05) is 0 Å². The van der Waals surface area contributed by atoms with Crippen LogP contribution in [0.1, 0.15) is 51.4 Å². The van der Waals surface area contributed by atoms with E-state index < -0.39 is 5.60 Å². The minimum atomic E-state index is -0.647. The van der Waals surface area contributed by atoms with Crippen LogP contribution >= 0.6 is 11.8 Å². The lowest BCUT2D eigenvalue weighted by molar-refractivity contribution is -0.122. The molecule has 1 aliphatic heterocycles. The van der Waals surface area contributed by atoms with Crippen molar-refractivity contribution in [2.75, 3.05) is 18.1 Å². The third kappa shape index (κ3) is 4.47. The molecule has 0 radical (unpaired) electrons. The molecule has 1 heterocycles. The summed E-state index contributed by atoms with van der Waals surface area (Å²) in [5, 5.41) is 13.0. The molecule has 18 heavy (non-hydrogen) atoms. The zero-order chi connectivity index (χ0) is 12.8. The molecule has 0 aromatic carbocycles. The van der Waals surface area contributed by atoms with Crippen LogP contribution in [-0.2, 0) is 4.79 Å². The van der Waals surface area contributed by atoms with E-state index in [9.17, 15) is 9.90 Å². The molecule has 0 spiro atoms. The number of carbonyl (C=O) groups excluding carboxylic acids is 1. The number of carbonyl (C=O) groups is 1. The number of aliphatic hydroxyl groups is 1. The Balaban J connectivity index is 1.54. The fourth-order valence-electron chi connectivity index (χ4n) is 2.94. The normalized spacial score (nSPS) is 28.7. The molecule has 1 amide bonds. The first-order valence-electron chi connectivity index (χ1n) is 7.25. The summed E-state index contributed by atoms with van der Waals surface area (Å²) < 4.78 is 0. The van der Waals surface area contributed by atoms with Crippen LogP contribution in [0.15, 0.2) is 0 Å². The lowest BCUT2D eigenvalue weighted by Gasteiger charge is -2.21. The van der Waals surface area contributed by atoms with E-state index in [1.165, 1.54) is 32.1 Å². The molecular weight excluding hydrogens is 246 g/mol. The van der Waals surface area contributed by atoms with E-state index in [0.717, 1.165) is 30.3 Å². The van der Waals surface area contributed by atoms with Crippen molar-refractivity contribution in [2.24, 2.45) is 5.92 Å². The van der Waals surface area contributed by atoms with Crippen LogP contribution in [-0.4, -0.2) is 34.7 Å². The molecule has 2 aliphatic rings. The smallest absolute Gasteiger partial charge is 0.220 e. The second-order valence-corrected chi connectivity index (χ2v) is 6.95. The minimum Gasteiger partial charge on any atom is -0.387 e. The Morgan fingerprint density at radius 2 is 2.17 bits per heavy atom. The third-order valence-corrected chi connectivity index (χ3v) is 5.42. The van der Waals surface area contributed by atoms with Crippen molar-refractivity contribution in [3.05, 3.63) is 0 Å². The van der Waals surface area contributed by atoms with Crippen LogP contribution in [0.3, 0.4) is 0 Å². The molecule has 104 valence electrons. The van der Waals surface area contributed by atoms with E-state index in [0.29, 0.717) is 13.0 Å². The maximum absolute atomic E-state index is 11.7. The van der Waals surface area contributed by atoms with Crippen molar-refractivity contribution in [3.8, 4) is 0 Å². The number of hydrogen-bond acceptors (Lipinski definition) is 3. The molecule has 1 atom stereocenters. The first-order valence-corrected chi connectivity index (χ1v) is 8.40. The van der Waals surface area contributed by atoms with E-state index in [-0.39, 0.29) is 5.91 Å². The molecular formula is C14H25NO2S. The van der Waals surface area contributed by atoms with Crippen LogP contribution in [0.2, 0.25) is 0 Å². The average molecular weight is 271 g/mol. The minimum absolute atomic E-state index is 0.110. The number of rotatable bonds is 6. The second-order valence-electron chi connectivity index (χ2n) is 5.85. The van der Waals surface area contributed by atoms with Gasteiger partial charge in [-0.2, -0.15) is 11.8 Å². The van der Waals surface area contributed by atoms with Crippen molar-refractivity contribution in [2.45, 2.75) is 57.0 Å². The molecule has 0 aromatic rings. The van der Waals surface area contributed by atoms with Gasteiger partial charge in [-0.05, 0) is 30.9 Å². The molecule has 2 fully saturated rings. The van der Waals surface area contributed by atoms with Crippen molar-refractivity contribution in [1.82, 2.24) is 5.32 Å². The monoisotopic (exact) mass is 271 g/mol. The Kier molecular flexibility index (Phi) is 5.37. The van der Waals surface area contributed by atoms with Gasteiger partial charge in [0.25, 0.3) is 0 Å². The predicted octanol–water partition coefficient (Wildman–Crippen LogP) is 2.33. The van der Waals surface area contributed by atoms with Gasteiger partial charge in [-0.3, -0.25) is 4.79 Å². The lowest BCUT2D eigenvalue weighted by Crippen LogP contribution is -2.42. The third-order valence-electron chi connectivity index (χ3n) is 4.19. The fraction of sp³-hybridized carbons (Fsp3) is 0.929. The van der Waals surface area contributed by atoms with Crippen LogP contribution in [0.25, 0.3) is 0 Å². The quantitative estimate of drug-likeness (QED) is 0.779. The molecule has 4 heteroatoms. The van der Waals surface area contributed by atoms with Gasteiger partial charge in [-0.1, -0.05) is 25.7 Å². The number of thioether (sulfide) groups is 1. The summed E-state index contributed by atoms with van der Waals surface area (Å²) >= 11 is 1.77. The van der Waals surface area contributed by atoms with Gasteiger partial charge in [0, 0.05) is 18.7 Å². The van der Waals surface area contributed by atoms with Gasteiger partial charge in [-0.25, -0.2) is 0 Å². The summed E-state index contributed by atoms with van der Waals surface area (Å²) in [5.41, 5.74) is -0.647. The molecule has 3 nitrogen and oxygen atoms in total. The Hall–Kier alpha value is -0.220. The summed E-state index contributed by atoms with van der Waals surface area (Å²) in [6, 6.07) is 0. The largest absolute Gasteiger partial charge is 0.387 e. The van der Waals surface area contributed by atoms with Crippen molar-refractivity contribution < 1.29 is 9.90 Å². The summed E-state index contributed by atoms with van der Waals surface area (Å²) in [6.45, 7) is 0.433. The topological polar surface area (TPSA) is 49.3 Å². The SMILES string of the molecule is O=C(CCCC1CCCC1)NCC1(O)CCSC1. The Morgan fingerprint density at radius 3 is 2.83 bits per heavy atom. The zero-order valence-electron chi connectivity index (χ0n) is 11.1. The lowest BCUT2D eigenvalue weighted by atomic mass is 10.0. The summed E-state index contributed by atoms with van der Waals surface area (Å²) in [7, 11) is 0. The van der Waals surface area contributed by atoms with E-state index in [1.54, 1.807) is 11.8 Å². The molecule has 1 saturated heterocycles. The van der Waals surface area contributed by atoms with Crippen LogP contribution in [0.5, 0.6) is 0 Å². The molecule has 0 aromatic heterocycles. The van der Waals surface area contributed by atoms with Crippen LogP contribution < -0.4 is 5.32 Å². The first-order chi connectivity index (χ1) is 8.68. The number of nitrogens with one attached hydrogen (secondary N) is 1. The number of hydrogen-bond donors (Lipinski definition) is 2. The fourth-order valence-corrected chi connectivity index (χ4v) is 4.23. The molecule has 2 N–H and O–H groups in total. The van der Waals surface area contributed by atoms with Crippen LogP contribution in [0, 0.1) is 5.92 Å². The maximum atomic E-state index is 11.7. The molecule has 2 rings (SSSR count).